The zero-order chi connectivity index (χ0) is 13.5. The summed E-state index contributed by atoms with van der Waals surface area (Å²) in [5.74, 6) is 0. The van der Waals surface area contributed by atoms with Crippen molar-refractivity contribution in [3.8, 4) is 0 Å². The summed E-state index contributed by atoms with van der Waals surface area (Å²) >= 11 is 1.80. The maximum Gasteiger partial charge on any atom is 0.184 e. The average molecular weight is 287 g/mol. The van der Waals surface area contributed by atoms with Crippen LogP contribution in [0.1, 0.15) is 31.2 Å². The fourth-order valence-corrected chi connectivity index (χ4v) is 4.73. The van der Waals surface area contributed by atoms with Crippen LogP contribution in [0.2, 0.25) is 0 Å². The van der Waals surface area contributed by atoms with Gasteiger partial charge in [-0.25, -0.2) is 4.98 Å². The normalized spacial score (nSPS) is 26.9. The predicted octanol–water partition coefficient (Wildman–Crippen LogP) is 3.64. The lowest BCUT2D eigenvalue weighted by molar-refractivity contribution is 0.193. The molecule has 4 heteroatoms. The Morgan fingerprint density at radius 1 is 1.25 bits per heavy atom. The largest absolute Gasteiger partial charge is 0.357 e. The summed E-state index contributed by atoms with van der Waals surface area (Å²) in [5, 5.41) is 4.83. The van der Waals surface area contributed by atoms with Gasteiger partial charge < -0.3 is 5.32 Å². The Morgan fingerprint density at radius 3 is 3.10 bits per heavy atom. The number of aromatic nitrogens is 1. The lowest BCUT2D eigenvalue weighted by Gasteiger charge is -2.32. The number of aryl methyl sites for hydroxylation is 1. The number of piperidine rings is 1. The summed E-state index contributed by atoms with van der Waals surface area (Å²) < 4.78 is 1.30. The number of fused-ring (bicyclic) bond motifs is 2. The first-order valence-electron chi connectivity index (χ1n) is 7.68. The Morgan fingerprint density at radius 2 is 2.20 bits per heavy atom. The molecule has 2 aliphatic heterocycles. The Bertz CT molecular complexity index is 621. The summed E-state index contributed by atoms with van der Waals surface area (Å²) in [6, 6.07) is 7.77. The van der Waals surface area contributed by atoms with E-state index in [4.69, 9.17) is 4.98 Å². The van der Waals surface area contributed by atoms with Crippen molar-refractivity contribution in [1.29, 1.82) is 0 Å². The molecule has 0 bridgehead atoms. The molecule has 4 rings (SSSR count). The summed E-state index contributed by atoms with van der Waals surface area (Å²) in [5.41, 5.74) is 2.44. The van der Waals surface area contributed by atoms with E-state index in [1.807, 2.05) is 0 Å². The highest BCUT2D eigenvalue weighted by Crippen LogP contribution is 2.33. The SMILES string of the molecule is Cc1cccc2sc(NC3CCN4CCCCC34)nc12. The van der Waals surface area contributed by atoms with Gasteiger partial charge in [0.05, 0.1) is 10.2 Å². The number of hydrogen-bond acceptors (Lipinski definition) is 4. The van der Waals surface area contributed by atoms with Crippen molar-refractivity contribution in [2.45, 2.75) is 44.7 Å². The molecule has 0 spiro atoms. The lowest BCUT2D eigenvalue weighted by Crippen LogP contribution is -2.41. The summed E-state index contributed by atoms with van der Waals surface area (Å²) in [6.45, 7) is 4.69. The first-order valence-corrected chi connectivity index (χ1v) is 8.50. The van der Waals surface area contributed by atoms with Crippen molar-refractivity contribution in [3.05, 3.63) is 23.8 Å². The Balaban J connectivity index is 1.57. The molecule has 2 atom stereocenters. The van der Waals surface area contributed by atoms with Crippen LogP contribution in [0.3, 0.4) is 0 Å². The third-order valence-corrected chi connectivity index (χ3v) is 5.74. The van der Waals surface area contributed by atoms with Gasteiger partial charge in [0, 0.05) is 18.6 Å². The first-order chi connectivity index (χ1) is 9.81. The second-order valence-corrected chi connectivity index (χ2v) is 7.11. The fourth-order valence-electron chi connectivity index (χ4n) is 3.72. The number of rotatable bonds is 2. The summed E-state index contributed by atoms with van der Waals surface area (Å²) in [6.07, 6.45) is 5.38. The number of benzene rings is 1. The summed E-state index contributed by atoms with van der Waals surface area (Å²) in [4.78, 5) is 7.47. The van der Waals surface area contributed by atoms with E-state index < -0.39 is 0 Å². The van der Waals surface area contributed by atoms with Crippen molar-refractivity contribution in [1.82, 2.24) is 9.88 Å². The topological polar surface area (TPSA) is 28.2 Å². The van der Waals surface area contributed by atoms with Crippen LogP contribution in [0.25, 0.3) is 10.2 Å². The third kappa shape index (κ3) is 2.11. The molecular formula is C16H21N3S. The third-order valence-electron chi connectivity index (χ3n) is 4.79. The Kier molecular flexibility index (Phi) is 3.15. The van der Waals surface area contributed by atoms with Gasteiger partial charge >= 0.3 is 0 Å². The van der Waals surface area contributed by atoms with Crippen LogP contribution in [0, 0.1) is 6.92 Å². The van der Waals surface area contributed by atoms with Gasteiger partial charge in [0.2, 0.25) is 0 Å². The highest BCUT2D eigenvalue weighted by Gasteiger charge is 2.35. The van der Waals surface area contributed by atoms with Gasteiger partial charge in [0.25, 0.3) is 0 Å². The van der Waals surface area contributed by atoms with Gasteiger partial charge in [-0.15, -0.1) is 0 Å². The molecule has 1 N–H and O–H groups in total. The fraction of sp³-hybridized carbons (Fsp3) is 0.562. The Labute approximate surface area is 124 Å². The first kappa shape index (κ1) is 12.6. The minimum Gasteiger partial charge on any atom is -0.357 e. The number of anilines is 1. The molecule has 2 unspecified atom stereocenters. The van der Waals surface area contributed by atoms with Gasteiger partial charge in [-0.3, -0.25) is 4.90 Å². The number of hydrogen-bond donors (Lipinski definition) is 1. The predicted molar refractivity (Wildman–Crippen MR) is 85.6 cm³/mol. The smallest absolute Gasteiger partial charge is 0.184 e. The molecule has 3 nitrogen and oxygen atoms in total. The van der Waals surface area contributed by atoms with Crippen LogP contribution in [0.15, 0.2) is 18.2 Å². The zero-order valence-corrected chi connectivity index (χ0v) is 12.7. The van der Waals surface area contributed by atoms with E-state index in [1.54, 1.807) is 11.3 Å². The van der Waals surface area contributed by atoms with E-state index in [9.17, 15) is 0 Å². The van der Waals surface area contributed by atoms with Gasteiger partial charge in [-0.1, -0.05) is 29.9 Å². The van der Waals surface area contributed by atoms with Crippen molar-refractivity contribution in [3.63, 3.8) is 0 Å². The van der Waals surface area contributed by atoms with Crippen molar-refractivity contribution in [2.75, 3.05) is 18.4 Å². The van der Waals surface area contributed by atoms with Crippen molar-refractivity contribution >= 4 is 26.7 Å². The standard InChI is InChI=1S/C16H21N3S/c1-11-5-4-7-14-15(11)18-16(20-14)17-12-8-10-19-9-3-2-6-13(12)19/h4-5,7,12-13H,2-3,6,8-10H2,1H3,(H,17,18). The molecular weight excluding hydrogens is 266 g/mol. The highest BCUT2D eigenvalue weighted by atomic mass is 32.1. The molecule has 2 aliphatic rings. The van der Waals surface area contributed by atoms with Gasteiger partial charge in [-0.2, -0.15) is 0 Å². The molecule has 0 saturated carbocycles. The molecule has 1 aromatic heterocycles. The van der Waals surface area contributed by atoms with Crippen LogP contribution in [0.5, 0.6) is 0 Å². The van der Waals surface area contributed by atoms with Gasteiger partial charge in [-0.05, 0) is 44.4 Å². The zero-order valence-electron chi connectivity index (χ0n) is 11.9. The quantitative estimate of drug-likeness (QED) is 0.914. The van der Waals surface area contributed by atoms with Crippen LogP contribution in [-0.4, -0.2) is 35.1 Å². The second kappa shape index (κ2) is 5.01. The monoisotopic (exact) mass is 287 g/mol. The van der Waals surface area contributed by atoms with E-state index in [0.717, 1.165) is 11.2 Å². The number of para-hydroxylation sites is 1. The van der Waals surface area contributed by atoms with Crippen LogP contribution in [-0.2, 0) is 0 Å². The Hall–Kier alpha value is -1.13. The van der Waals surface area contributed by atoms with E-state index >= 15 is 0 Å². The number of nitrogens with one attached hydrogen (secondary N) is 1. The van der Waals surface area contributed by atoms with E-state index in [0.29, 0.717) is 6.04 Å². The van der Waals surface area contributed by atoms with E-state index in [2.05, 4.69) is 35.3 Å². The van der Waals surface area contributed by atoms with Crippen LogP contribution in [0.4, 0.5) is 5.13 Å². The van der Waals surface area contributed by atoms with E-state index in [1.165, 1.54) is 54.6 Å². The second-order valence-electron chi connectivity index (χ2n) is 6.08. The van der Waals surface area contributed by atoms with Crippen LogP contribution >= 0.6 is 11.3 Å². The van der Waals surface area contributed by atoms with E-state index in [-0.39, 0.29) is 0 Å². The number of thiazole rings is 1. The summed E-state index contributed by atoms with van der Waals surface area (Å²) in [7, 11) is 0. The lowest BCUT2D eigenvalue weighted by atomic mass is 9.99. The van der Waals surface area contributed by atoms with Gasteiger partial charge in [0.15, 0.2) is 5.13 Å². The molecule has 1 aromatic carbocycles. The molecule has 20 heavy (non-hydrogen) atoms. The molecule has 2 aromatic rings. The van der Waals surface area contributed by atoms with Crippen molar-refractivity contribution in [2.24, 2.45) is 0 Å². The van der Waals surface area contributed by atoms with Crippen molar-refractivity contribution < 1.29 is 0 Å². The molecule has 2 saturated heterocycles. The average Bonchev–Trinajstić information content (AvgIpc) is 3.05. The molecule has 0 amide bonds. The molecule has 0 aliphatic carbocycles. The number of nitrogens with zero attached hydrogens (tertiary/aromatic N) is 2. The molecule has 0 radical (unpaired) electrons. The maximum absolute atomic E-state index is 4.80. The molecule has 2 fully saturated rings. The minimum absolute atomic E-state index is 0.594. The van der Waals surface area contributed by atoms with Crippen LogP contribution < -0.4 is 5.32 Å². The molecule has 3 heterocycles. The maximum atomic E-state index is 4.80. The minimum atomic E-state index is 0.594. The molecule has 106 valence electrons. The van der Waals surface area contributed by atoms with Gasteiger partial charge in [0.1, 0.15) is 0 Å². The highest BCUT2D eigenvalue weighted by molar-refractivity contribution is 7.22.